The van der Waals surface area contributed by atoms with E-state index in [4.69, 9.17) is 4.74 Å². The fraction of sp³-hybridized carbons (Fsp3) is 0.333. The molecule has 4 nitrogen and oxygen atoms in total. The lowest BCUT2D eigenvalue weighted by Crippen LogP contribution is -2.07. The van der Waals surface area contributed by atoms with Gasteiger partial charge in [0.1, 0.15) is 0 Å². The van der Waals surface area contributed by atoms with Crippen molar-refractivity contribution >= 4 is 17.3 Å². The van der Waals surface area contributed by atoms with Gasteiger partial charge in [-0.2, -0.15) is 5.10 Å². The van der Waals surface area contributed by atoms with Crippen LogP contribution in [0.4, 0.5) is 0 Å². The standard InChI is InChI=1S/C12H14N2O2S/c1-4-16-12(15)11-9(7-14(3)13-11)10-6-5-8(2)17-10/h5-7H,4H2,1-3H3. The molecular weight excluding hydrogens is 236 g/mol. The maximum Gasteiger partial charge on any atom is 0.359 e. The Kier molecular flexibility index (Phi) is 3.28. The van der Waals surface area contributed by atoms with E-state index in [1.807, 2.05) is 25.3 Å². The topological polar surface area (TPSA) is 44.1 Å². The average Bonchev–Trinajstić information content (AvgIpc) is 2.84. The zero-order chi connectivity index (χ0) is 12.4. The van der Waals surface area contributed by atoms with Crippen molar-refractivity contribution in [2.45, 2.75) is 13.8 Å². The third-order valence-corrected chi connectivity index (χ3v) is 3.34. The Morgan fingerprint density at radius 1 is 1.53 bits per heavy atom. The van der Waals surface area contributed by atoms with Gasteiger partial charge in [0.05, 0.1) is 6.61 Å². The highest BCUT2D eigenvalue weighted by Crippen LogP contribution is 2.30. The molecule has 0 bridgehead atoms. The lowest BCUT2D eigenvalue weighted by Gasteiger charge is -1.99. The van der Waals surface area contributed by atoms with E-state index in [9.17, 15) is 4.79 Å². The summed E-state index contributed by atoms with van der Waals surface area (Å²) in [6.45, 7) is 4.18. The van der Waals surface area contributed by atoms with Gasteiger partial charge in [-0.3, -0.25) is 4.68 Å². The van der Waals surface area contributed by atoms with Gasteiger partial charge in [0.25, 0.3) is 0 Å². The summed E-state index contributed by atoms with van der Waals surface area (Å²) in [5.41, 5.74) is 1.22. The first kappa shape index (κ1) is 11.9. The Morgan fingerprint density at radius 2 is 2.29 bits per heavy atom. The molecule has 0 aromatic carbocycles. The minimum atomic E-state index is -0.367. The number of nitrogens with zero attached hydrogens (tertiary/aromatic N) is 2. The van der Waals surface area contributed by atoms with Crippen LogP contribution in [0.5, 0.6) is 0 Å². The Balaban J connectivity index is 2.43. The normalized spacial score (nSPS) is 10.5. The summed E-state index contributed by atoms with van der Waals surface area (Å²) < 4.78 is 6.64. The van der Waals surface area contributed by atoms with E-state index < -0.39 is 0 Å². The molecule has 0 spiro atoms. The third kappa shape index (κ3) is 2.39. The van der Waals surface area contributed by atoms with Crippen molar-refractivity contribution in [2.24, 2.45) is 7.05 Å². The molecule has 5 heteroatoms. The smallest absolute Gasteiger partial charge is 0.359 e. The molecule has 2 aromatic rings. The van der Waals surface area contributed by atoms with Crippen LogP contribution in [0.15, 0.2) is 18.3 Å². The van der Waals surface area contributed by atoms with Gasteiger partial charge in [0, 0.05) is 28.6 Å². The van der Waals surface area contributed by atoms with Crippen LogP contribution in [0.1, 0.15) is 22.3 Å². The van der Waals surface area contributed by atoms with Crippen LogP contribution in [0.2, 0.25) is 0 Å². The minimum absolute atomic E-state index is 0.359. The van der Waals surface area contributed by atoms with Crippen LogP contribution in [0.25, 0.3) is 10.4 Å². The Morgan fingerprint density at radius 3 is 2.88 bits per heavy atom. The van der Waals surface area contributed by atoms with E-state index in [-0.39, 0.29) is 5.97 Å². The molecule has 90 valence electrons. The van der Waals surface area contributed by atoms with Gasteiger partial charge in [-0.1, -0.05) is 0 Å². The molecule has 0 saturated heterocycles. The number of ether oxygens (including phenoxy) is 1. The number of esters is 1. The molecule has 0 fully saturated rings. The van der Waals surface area contributed by atoms with Gasteiger partial charge in [0.15, 0.2) is 5.69 Å². The Labute approximate surface area is 104 Å². The number of rotatable bonds is 3. The van der Waals surface area contributed by atoms with Crippen molar-refractivity contribution in [1.29, 1.82) is 0 Å². The van der Waals surface area contributed by atoms with E-state index in [2.05, 4.69) is 5.10 Å². The van der Waals surface area contributed by atoms with Crippen molar-refractivity contribution < 1.29 is 9.53 Å². The molecule has 0 atom stereocenters. The highest BCUT2D eigenvalue weighted by Gasteiger charge is 2.19. The van der Waals surface area contributed by atoms with Crippen LogP contribution in [0, 0.1) is 6.92 Å². The molecule has 0 aliphatic rings. The summed E-state index contributed by atoms with van der Waals surface area (Å²) in [4.78, 5) is 14.0. The molecule has 2 heterocycles. The van der Waals surface area contributed by atoms with Crippen LogP contribution in [0.3, 0.4) is 0 Å². The summed E-state index contributed by atoms with van der Waals surface area (Å²) >= 11 is 1.64. The van der Waals surface area contributed by atoms with Crippen LogP contribution in [-0.4, -0.2) is 22.4 Å². The van der Waals surface area contributed by atoms with E-state index in [0.717, 1.165) is 10.4 Å². The second-order valence-electron chi connectivity index (χ2n) is 3.70. The summed E-state index contributed by atoms with van der Waals surface area (Å²) in [7, 11) is 1.80. The molecule has 0 radical (unpaired) electrons. The molecule has 0 aliphatic carbocycles. The van der Waals surface area contributed by atoms with E-state index in [1.54, 1.807) is 30.0 Å². The SMILES string of the molecule is CCOC(=O)c1nn(C)cc1-c1ccc(C)s1. The lowest BCUT2D eigenvalue weighted by atomic mass is 10.2. The monoisotopic (exact) mass is 250 g/mol. The summed E-state index contributed by atoms with van der Waals surface area (Å²) in [6, 6.07) is 4.03. The molecule has 17 heavy (non-hydrogen) atoms. The quantitative estimate of drug-likeness (QED) is 0.787. The number of aromatic nitrogens is 2. The van der Waals surface area contributed by atoms with Gasteiger partial charge >= 0.3 is 5.97 Å². The lowest BCUT2D eigenvalue weighted by molar-refractivity contribution is 0.0519. The van der Waals surface area contributed by atoms with E-state index in [1.165, 1.54) is 4.88 Å². The predicted octanol–water partition coefficient (Wildman–Crippen LogP) is 2.63. The van der Waals surface area contributed by atoms with Crippen molar-refractivity contribution in [2.75, 3.05) is 6.61 Å². The molecule has 0 saturated carbocycles. The van der Waals surface area contributed by atoms with Crippen LogP contribution >= 0.6 is 11.3 Å². The summed E-state index contributed by atoms with van der Waals surface area (Å²) in [5.74, 6) is -0.367. The average molecular weight is 250 g/mol. The van der Waals surface area contributed by atoms with E-state index >= 15 is 0 Å². The van der Waals surface area contributed by atoms with Gasteiger partial charge in [-0.15, -0.1) is 11.3 Å². The molecule has 0 amide bonds. The second kappa shape index (κ2) is 4.71. The van der Waals surface area contributed by atoms with Crippen LogP contribution < -0.4 is 0 Å². The van der Waals surface area contributed by atoms with Gasteiger partial charge in [0.2, 0.25) is 0 Å². The Bertz CT molecular complexity index is 542. The molecule has 0 aliphatic heterocycles. The van der Waals surface area contributed by atoms with Crippen molar-refractivity contribution in [3.8, 4) is 10.4 Å². The third-order valence-electron chi connectivity index (χ3n) is 2.30. The molecule has 0 unspecified atom stereocenters. The number of hydrogen-bond acceptors (Lipinski definition) is 4. The number of hydrogen-bond donors (Lipinski definition) is 0. The number of aryl methyl sites for hydroxylation is 2. The highest BCUT2D eigenvalue weighted by atomic mass is 32.1. The van der Waals surface area contributed by atoms with Gasteiger partial charge in [-0.05, 0) is 26.0 Å². The fourth-order valence-electron chi connectivity index (χ4n) is 1.60. The van der Waals surface area contributed by atoms with Crippen molar-refractivity contribution in [3.05, 3.63) is 28.9 Å². The first-order valence-electron chi connectivity index (χ1n) is 5.39. The van der Waals surface area contributed by atoms with Gasteiger partial charge < -0.3 is 4.74 Å². The van der Waals surface area contributed by atoms with Gasteiger partial charge in [-0.25, -0.2) is 4.79 Å². The summed E-state index contributed by atoms with van der Waals surface area (Å²) in [5, 5.41) is 4.16. The predicted molar refractivity (Wildman–Crippen MR) is 67.2 cm³/mol. The molecule has 2 aromatic heterocycles. The van der Waals surface area contributed by atoms with Crippen molar-refractivity contribution in [3.63, 3.8) is 0 Å². The maximum atomic E-state index is 11.8. The fourth-order valence-corrected chi connectivity index (χ4v) is 2.48. The number of carbonyl (C=O) groups excluding carboxylic acids is 1. The first-order valence-corrected chi connectivity index (χ1v) is 6.21. The number of thiophene rings is 1. The minimum Gasteiger partial charge on any atom is -0.461 e. The molecule has 2 rings (SSSR count). The maximum absolute atomic E-state index is 11.8. The zero-order valence-electron chi connectivity index (χ0n) is 10.1. The largest absolute Gasteiger partial charge is 0.461 e. The zero-order valence-corrected chi connectivity index (χ0v) is 10.9. The summed E-state index contributed by atoms with van der Waals surface area (Å²) in [6.07, 6.45) is 1.84. The Hall–Kier alpha value is -1.62. The van der Waals surface area contributed by atoms with Crippen LogP contribution in [-0.2, 0) is 11.8 Å². The first-order chi connectivity index (χ1) is 8.11. The number of carbonyl (C=O) groups is 1. The molecule has 0 N–H and O–H groups in total. The van der Waals surface area contributed by atoms with Crippen molar-refractivity contribution in [1.82, 2.24) is 9.78 Å². The highest BCUT2D eigenvalue weighted by molar-refractivity contribution is 7.15. The molecular formula is C12H14N2O2S. The van der Waals surface area contributed by atoms with E-state index in [0.29, 0.717) is 12.3 Å². The second-order valence-corrected chi connectivity index (χ2v) is 4.98.